The van der Waals surface area contributed by atoms with Crippen LogP contribution in [0.25, 0.3) is 5.76 Å². The Morgan fingerprint density at radius 3 is 2.37 bits per heavy atom. The standard InChI is InChI=1S/C21H19NO4S/c1-14-6-3-7-15(12-14)13-27-21(22-2)18(19(23)16-8-4-10-25-16)20(24)17-9-5-11-26-17/h3-12,23H,13H2,1-2H3/b19-18+,22-21?. The number of aliphatic hydroxyl groups excluding tert-OH is 1. The Morgan fingerprint density at radius 1 is 1.07 bits per heavy atom. The number of Topliss-reactive ketones (excluding diaryl/α,β-unsaturated/α-hetero) is 1. The fourth-order valence-electron chi connectivity index (χ4n) is 2.58. The van der Waals surface area contributed by atoms with Crippen LogP contribution in [0.2, 0.25) is 0 Å². The number of thioether (sulfide) groups is 1. The summed E-state index contributed by atoms with van der Waals surface area (Å²) in [5.74, 6) is 0.210. The summed E-state index contributed by atoms with van der Waals surface area (Å²) < 4.78 is 10.5. The van der Waals surface area contributed by atoms with E-state index in [1.54, 1.807) is 31.3 Å². The molecule has 0 saturated heterocycles. The van der Waals surface area contributed by atoms with Gasteiger partial charge >= 0.3 is 0 Å². The number of carbonyl (C=O) groups excluding carboxylic acids is 1. The highest BCUT2D eigenvalue weighted by Crippen LogP contribution is 2.27. The van der Waals surface area contributed by atoms with Gasteiger partial charge in [0.25, 0.3) is 0 Å². The molecule has 27 heavy (non-hydrogen) atoms. The van der Waals surface area contributed by atoms with Crippen molar-refractivity contribution >= 4 is 28.3 Å². The number of aliphatic hydroxyl groups is 1. The predicted molar refractivity (Wildman–Crippen MR) is 107 cm³/mol. The number of carbonyl (C=O) groups is 1. The van der Waals surface area contributed by atoms with E-state index in [-0.39, 0.29) is 22.9 Å². The van der Waals surface area contributed by atoms with Crippen LogP contribution in [0.15, 0.2) is 80.5 Å². The summed E-state index contributed by atoms with van der Waals surface area (Å²) >= 11 is 1.37. The molecule has 0 unspecified atom stereocenters. The lowest BCUT2D eigenvalue weighted by Gasteiger charge is -2.11. The molecule has 1 aromatic carbocycles. The van der Waals surface area contributed by atoms with Gasteiger partial charge in [-0.15, -0.1) is 11.8 Å². The van der Waals surface area contributed by atoms with E-state index in [0.29, 0.717) is 10.8 Å². The van der Waals surface area contributed by atoms with Crippen molar-refractivity contribution in [2.45, 2.75) is 12.7 Å². The highest BCUT2D eigenvalue weighted by atomic mass is 32.2. The molecule has 138 valence electrons. The summed E-state index contributed by atoms with van der Waals surface area (Å²) in [6, 6.07) is 14.5. The number of furan rings is 2. The predicted octanol–water partition coefficient (Wildman–Crippen LogP) is 5.29. The first kappa shape index (κ1) is 18.8. The van der Waals surface area contributed by atoms with Gasteiger partial charge in [-0.3, -0.25) is 9.79 Å². The molecular weight excluding hydrogens is 362 g/mol. The summed E-state index contributed by atoms with van der Waals surface area (Å²) in [4.78, 5) is 17.2. The average molecular weight is 381 g/mol. The molecule has 0 saturated carbocycles. The van der Waals surface area contributed by atoms with Crippen molar-refractivity contribution in [2.75, 3.05) is 7.05 Å². The quantitative estimate of drug-likeness (QED) is 0.206. The molecule has 3 aromatic rings. The van der Waals surface area contributed by atoms with Crippen LogP contribution >= 0.6 is 11.8 Å². The number of nitrogens with zero attached hydrogens (tertiary/aromatic N) is 1. The van der Waals surface area contributed by atoms with Gasteiger partial charge in [0, 0.05) is 12.8 Å². The van der Waals surface area contributed by atoms with Gasteiger partial charge in [0.2, 0.25) is 5.78 Å². The summed E-state index contributed by atoms with van der Waals surface area (Å²) in [5.41, 5.74) is 2.31. The lowest BCUT2D eigenvalue weighted by molar-refractivity contribution is 0.101. The minimum atomic E-state index is -0.453. The highest BCUT2D eigenvalue weighted by Gasteiger charge is 2.26. The smallest absolute Gasteiger partial charge is 0.234 e. The average Bonchev–Trinajstić information content (AvgIpc) is 3.38. The number of aliphatic imine (C=N–C) groups is 1. The third kappa shape index (κ3) is 4.41. The SMILES string of the molecule is CN=C(SCc1cccc(C)c1)/C(C(=O)c1ccco1)=C(/O)c1ccco1. The molecule has 2 heterocycles. The minimum Gasteiger partial charge on any atom is -0.504 e. The van der Waals surface area contributed by atoms with Crippen LogP contribution in [0.4, 0.5) is 0 Å². The summed E-state index contributed by atoms with van der Waals surface area (Å²) in [7, 11) is 1.59. The van der Waals surface area contributed by atoms with Gasteiger partial charge < -0.3 is 13.9 Å². The topological polar surface area (TPSA) is 75.9 Å². The maximum Gasteiger partial charge on any atom is 0.234 e. The number of rotatable bonds is 6. The Morgan fingerprint density at radius 2 is 1.78 bits per heavy atom. The molecule has 2 aromatic heterocycles. The Kier molecular flexibility index (Phi) is 5.98. The first-order valence-corrected chi connectivity index (χ1v) is 9.29. The zero-order chi connectivity index (χ0) is 19.2. The number of ketones is 1. The van der Waals surface area contributed by atoms with Crippen molar-refractivity contribution in [1.82, 2.24) is 0 Å². The van der Waals surface area contributed by atoms with Crippen molar-refractivity contribution < 1.29 is 18.7 Å². The second-order valence-electron chi connectivity index (χ2n) is 5.81. The molecule has 0 atom stereocenters. The molecular formula is C21H19NO4S. The van der Waals surface area contributed by atoms with Gasteiger partial charge in [0.05, 0.1) is 12.5 Å². The van der Waals surface area contributed by atoms with E-state index in [0.717, 1.165) is 11.1 Å². The molecule has 0 radical (unpaired) electrons. The largest absolute Gasteiger partial charge is 0.504 e. The van der Waals surface area contributed by atoms with Crippen LogP contribution in [0, 0.1) is 6.92 Å². The summed E-state index contributed by atoms with van der Waals surface area (Å²) in [6.45, 7) is 2.03. The first-order valence-electron chi connectivity index (χ1n) is 8.31. The van der Waals surface area contributed by atoms with Crippen LogP contribution in [0.5, 0.6) is 0 Å². The van der Waals surface area contributed by atoms with Crippen LogP contribution in [0.3, 0.4) is 0 Å². The van der Waals surface area contributed by atoms with E-state index >= 15 is 0 Å². The molecule has 0 fully saturated rings. The van der Waals surface area contributed by atoms with Gasteiger partial charge in [-0.25, -0.2) is 0 Å². The molecule has 0 amide bonds. The van der Waals surface area contributed by atoms with E-state index in [9.17, 15) is 9.90 Å². The van der Waals surface area contributed by atoms with Crippen molar-refractivity contribution in [3.8, 4) is 0 Å². The molecule has 5 nitrogen and oxygen atoms in total. The van der Waals surface area contributed by atoms with Crippen LogP contribution < -0.4 is 0 Å². The van der Waals surface area contributed by atoms with Crippen molar-refractivity contribution in [1.29, 1.82) is 0 Å². The molecule has 1 N–H and O–H groups in total. The lowest BCUT2D eigenvalue weighted by atomic mass is 10.1. The van der Waals surface area contributed by atoms with Crippen LogP contribution in [-0.2, 0) is 5.75 Å². The maximum absolute atomic E-state index is 13.0. The van der Waals surface area contributed by atoms with Crippen molar-refractivity contribution in [3.05, 3.63) is 89.3 Å². The van der Waals surface area contributed by atoms with E-state index < -0.39 is 5.78 Å². The normalized spacial score (nSPS) is 12.7. The Balaban J connectivity index is 1.95. The Bertz CT molecular complexity index is 970. The van der Waals surface area contributed by atoms with E-state index in [2.05, 4.69) is 11.1 Å². The zero-order valence-corrected chi connectivity index (χ0v) is 15.8. The number of hydrogen-bond acceptors (Lipinski definition) is 6. The number of benzene rings is 1. The third-order valence-corrected chi connectivity index (χ3v) is 4.98. The lowest BCUT2D eigenvalue weighted by Crippen LogP contribution is -2.13. The minimum absolute atomic E-state index is 0.0556. The van der Waals surface area contributed by atoms with Gasteiger partial charge in [-0.05, 0) is 36.8 Å². The number of aryl methyl sites for hydroxylation is 1. The number of hydrogen-bond donors (Lipinski definition) is 1. The van der Waals surface area contributed by atoms with Crippen LogP contribution in [-0.4, -0.2) is 23.0 Å². The molecule has 3 rings (SSSR count). The maximum atomic E-state index is 13.0. The third-order valence-electron chi connectivity index (χ3n) is 3.84. The molecule has 0 spiro atoms. The second kappa shape index (κ2) is 8.60. The van der Waals surface area contributed by atoms with E-state index in [4.69, 9.17) is 8.83 Å². The Hall–Kier alpha value is -2.99. The second-order valence-corrected chi connectivity index (χ2v) is 6.78. The van der Waals surface area contributed by atoms with E-state index in [1.165, 1.54) is 24.3 Å². The fourth-order valence-corrected chi connectivity index (χ4v) is 3.52. The fraction of sp³-hybridized carbons (Fsp3) is 0.143. The highest BCUT2D eigenvalue weighted by molar-refractivity contribution is 8.13. The summed E-state index contributed by atoms with van der Waals surface area (Å²) in [6.07, 6.45) is 2.85. The van der Waals surface area contributed by atoms with Gasteiger partial charge in [-0.1, -0.05) is 29.8 Å². The zero-order valence-electron chi connectivity index (χ0n) is 15.0. The monoisotopic (exact) mass is 381 g/mol. The molecule has 6 heteroatoms. The summed E-state index contributed by atoms with van der Waals surface area (Å²) in [5, 5.41) is 11.1. The molecule has 0 bridgehead atoms. The first-order chi connectivity index (χ1) is 13.1. The molecule has 0 aliphatic heterocycles. The van der Waals surface area contributed by atoms with Crippen molar-refractivity contribution in [2.24, 2.45) is 4.99 Å². The molecule has 0 aliphatic carbocycles. The van der Waals surface area contributed by atoms with Crippen LogP contribution in [0.1, 0.15) is 27.4 Å². The van der Waals surface area contributed by atoms with E-state index in [1.807, 2.05) is 25.1 Å². The molecule has 0 aliphatic rings. The van der Waals surface area contributed by atoms with Gasteiger partial charge in [0.15, 0.2) is 17.3 Å². The Labute approximate surface area is 161 Å². The van der Waals surface area contributed by atoms with Gasteiger partial charge in [0.1, 0.15) is 10.6 Å². The van der Waals surface area contributed by atoms with Crippen molar-refractivity contribution in [3.63, 3.8) is 0 Å². The van der Waals surface area contributed by atoms with Gasteiger partial charge in [-0.2, -0.15) is 0 Å².